The number of benzene rings is 1. The van der Waals surface area contributed by atoms with Gasteiger partial charge in [0.2, 0.25) is 0 Å². The molecule has 0 unspecified atom stereocenters. The van der Waals surface area contributed by atoms with Crippen molar-refractivity contribution in [1.29, 1.82) is 0 Å². The minimum atomic E-state index is -0.850. The van der Waals surface area contributed by atoms with Gasteiger partial charge in [-0.3, -0.25) is 10.0 Å². The van der Waals surface area contributed by atoms with Gasteiger partial charge in [0.15, 0.2) is 0 Å². The highest BCUT2D eigenvalue weighted by molar-refractivity contribution is 5.97. The van der Waals surface area contributed by atoms with E-state index in [4.69, 9.17) is 4.74 Å². The van der Waals surface area contributed by atoms with E-state index in [0.29, 0.717) is 5.56 Å². The summed E-state index contributed by atoms with van der Waals surface area (Å²) in [5.74, 6) is -0.411. The fourth-order valence-electron chi connectivity index (χ4n) is 2.19. The largest absolute Gasteiger partial charge is 0.505 e. The maximum atomic E-state index is 12.5. The van der Waals surface area contributed by atoms with Gasteiger partial charge < -0.3 is 4.74 Å². The molecule has 0 spiro atoms. The molecule has 0 fully saturated rings. The average molecular weight is 277 g/mol. The Morgan fingerprint density at radius 1 is 1.25 bits per heavy atom. The molecule has 1 N–H and O–H groups in total. The van der Waals surface area contributed by atoms with Crippen LogP contribution in [-0.2, 0) is 4.74 Å². The first-order valence-electron chi connectivity index (χ1n) is 6.52. The summed E-state index contributed by atoms with van der Waals surface area (Å²) in [5.41, 5.74) is 2.50. The van der Waals surface area contributed by atoms with Gasteiger partial charge in [0.25, 0.3) is 5.91 Å². The maximum absolute atomic E-state index is 12.5. The predicted molar refractivity (Wildman–Crippen MR) is 78.8 cm³/mol. The minimum Gasteiger partial charge on any atom is -0.505 e. The Morgan fingerprint density at radius 3 is 2.20 bits per heavy atom. The molecule has 4 nitrogen and oxygen atoms in total. The number of aryl methyl sites for hydroxylation is 3. The van der Waals surface area contributed by atoms with Gasteiger partial charge in [0.05, 0.1) is 18.9 Å². The zero-order valence-corrected chi connectivity index (χ0v) is 13.0. The molecule has 110 valence electrons. The van der Waals surface area contributed by atoms with E-state index in [2.05, 4.69) is 0 Å². The smallest absolute Gasteiger partial charge is 0.278 e. The summed E-state index contributed by atoms with van der Waals surface area (Å²) >= 11 is 0. The van der Waals surface area contributed by atoms with E-state index in [1.165, 1.54) is 13.4 Å². The van der Waals surface area contributed by atoms with Crippen LogP contribution in [0.15, 0.2) is 24.5 Å². The van der Waals surface area contributed by atoms with Crippen molar-refractivity contribution in [2.24, 2.45) is 0 Å². The van der Waals surface area contributed by atoms with Crippen molar-refractivity contribution in [1.82, 2.24) is 5.06 Å². The third kappa shape index (κ3) is 3.39. The van der Waals surface area contributed by atoms with E-state index in [1.54, 1.807) is 19.9 Å². The lowest BCUT2D eigenvalue weighted by molar-refractivity contribution is -0.105. The Kier molecular flexibility index (Phi) is 4.95. The summed E-state index contributed by atoms with van der Waals surface area (Å²) in [6, 6.07) is 3.87. The molecule has 0 saturated carbocycles. The van der Waals surface area contributed by atoms with Gasteiger partial charge in [-0.15, -0.1) is 0 Å². The van der Waals surface area contributed by atoms with E-state index in [0.717, 1.165) is 21.8 Å². The lowest BCUT2D eigenvalue weighted by Crippen LogP contribution is -2.44. The second kappa shape index (κ2) is 6.09. The summed E-state index contributed by atoms with van der Waals surface area (Å²) in [7, 11) is 1.52. The molecule has 0 aromatic heterocycles. The molecule has 0 heterocycles. The van der Waals surface area contributed by atoms with Crippen LogP contribution in [-0.4, -0.2) is 28.8 Å². The zero-order valence-electron chi connectivity index (χ0n) is 13.0. The van der Waals surface area contributed by atoms with Gasteiger partial charge in [-0.05, 0) is 51.8 Å². The Morgan fingerprint density at radius 2 is 1.75 bits per heavy atom. The van der Waals surface area contributed by atoms with Crippen LogP contribution in [0, 0.1) is 20.8 Å². The topological polar surface area (TPSA) is 49.8 Å². The lowest BCUT2D eigenvalue weighted by Gasteiger charge is -2.31. The van der Waals surface area contributed by atoms with Crippen molar-refractivity contribution >= 4 is 5.91 Å². The number of ether oxygens (including phenoxy) is 1. The van der Waals surface area contributed by atoms with Crippen molar-refractivity contribution in [2.75, 3.05) is 7.11 Å². The van der Waals surface area contributed by atoms with Gasteiger partial charge >= 0.3 is 0 Å². The third-order valence-corrected chi connectivity index (χ3v) is 3.24. The van der Waals surface area contributed by atoms with Crippen LogP contribution in [0.4, 0.5) is 0 Å². The molecule has 20 heavy (non-hydrogen) atoms. The van der Waals surface area contributed by atoms with Crippen LogP contribution >= 0.6 is 0 Å². The van der Waals surface area contributed by atoms with Crippen molar-refractivity contribution in [3.05, 3.63) is 46.7 Å². The molecule has 4 heteroatoms. The first kappa shape index (κ1) is 16.2. The van der Waals surface area contributed by atoms with E-state index in [9.17, 15) is 10.0 Å². The van der Waals surface area contributed by atoms with Gasteiger partial charge in [0, 0.05) is 5.56 Å². The highest BCUT2D eigenvalue weighted by atomic mass is 16.5. The number of rotatable bonds is 4. The maximum Gasteiger partial charge on any atom is 0.278 e. The second-order valence-corrected chi connectivity index (χ2v) is 5.58. The SMILES string of the molecule is CO/C=C/C(C)(C)N(O)C(=O)c1c(C)cc(C)cc1C. The molecule has 0 saturated heterocycles. The second-order valence-electron chi connectivity index (χ2n) is 5.58. The molecule has 0 aliphatic heterocycles. The minimum absolute atomic E-state index is 0.411. The molecule has 1 amide bonds. The summed E-state index contributed by atoms with van der Waals surface area (Å²) in [4.78, 5) is 12.5. The monoisotopic (exact) mass is 277 g/mol. The molecule has 0 aliphatic carbocycles. The Labute approximate surface area is 120 Å². The first-order valence-corrected chi connectivity index (χ1v) is 6.52. The van der Waals surface area contributed by atoms with Gasteiger partial charge in [0.1, 0.15) is 0 Å². The Balaban J connectivity index is 3.16. The number of hydrogen-bond acceptors (Lipinski definition) is 3. The first-order chi connectivity index (χ1) is 9.20. The van der Waals surface area contributed by atoms with Gasteiger partial charge in [-0.25, -0.2) is 5.06 Å². The number of carbonyl (C=O) groups is 1. The number of hydroxylamine groups is 2. The van der Waals surface area contributed by atoms with Gasteiger partial charge in [-0.1, -0.05) is 17.7 Å². The molecule has 0 atom stereocenters. The molecule has 1 aromatic rings. The molecule has 0 radical (unpaired) electrons. The average Bonchev–Trinajstić information content (AvgIpc) is 2.34. The third-order valence-electron chi connectivity index (χ3n) is 3.24. The fourth-order valence-corrected chi connectivity index (χ4v) is 2.19. The molecule has 1 aromatic carbocycles. The molecule has 1 rings (SSSR count). The normalized spacial score (nSPS) is 11.8. The van der Waals surface area contributed by atoms with Crippen molar-refractivity contribution in [2.45, 2.75) is 40.2 Å². The molecular weight excluding hydrogens is 254 g/mol. The molecular formula is C16H23NO3. The number of carbonyl (C=O) groups excluding carboxylic acids is 1. The van der Waals surface area contributed by atoms with Gasteiger partial charge in [-0.2, -0.15) is 0 Å². The Bertz CT molecular complexity index is 510. The van der Waals surface area contributed by atoms with E-state index < -0.39 is 11.4 Å². The quantitative estimate of drug-likeness (QED) is 0.521. The lowest BCUT2D eigenvalue weighted by atomic mass is 9.97. The zero-order chi connectivity index (χ0) is 15.5. The highest BCUT2D eigenvalue weighted by Crippen LogP contribution is 2.22. The molecule has 0 aliphatic rings. The van der Waals surface area contributed by atoms with Crippen LogP contribution in [0.1, 0.15) is 40.9 Å². The summed E-state index contributed by atoms with van der Waals surface area (Å²) in [6.07, 6.45) is 3.08. The predicted octanol–water partition coefficient (Wildman–Crippen LogP) is 3.38. The number of nitrogens with zero attached hydrogens (tertiary/aromatic N) is 1. The number of hydrogen-bond donors (Lipinski definition) is 1. The number of amides is 1. The van der Waals surface area contributed by atoms with Crippen LogP contribution in [0.2, 0.25) is 0 Å². The van der Waals surface area contributed by atoms with E-state index >= 15 is 0 Å². The van der Waals surface area contributed by atoms with Crippen molar-refractivity contribution in [3.63, 3.8) is 0 Å². The van der Waals surface area contributed by atoms with Crippen LogP contribution in [0.3, 0.4) is 0 Å². The van der Waals surface area contributed by atoms with E-state index in [-0.39, 0.29) is 0 Å². The van der Waals surface area contributed by atoms with Crippen molar-refractivity contribution in [3.8, 4) is 0 Å². The van der Waals surface area contributed by atoms with E-state index in [1.807, 2.05) is 32.9 Å². The van der Waals surface area contributed by atoms with Crippen LogP contribution < -0.4 is 0 Å². The molecule has 0 bridgehead atoms. The summed E-state index contributed by atoms with van der Waals surface area (Å²) in [5, 5.41) is 11.0. The van der Waals surface area contributed by atoms with Crippen LogP contribution in [0.5, 0.6) is 0 Å². The number of methoxy groups -OCH3 is 1. The summed E-state index contributed by atoms with van der Waals surface area (Å²) in [6.45, 7) is 9.20. The highest BCUT2D eigenvalue weighted by Gasteiger charge is 2.30. The summed E-state index contributed by atoms with van der Waals surface area (Å²) < 4.78 is 4.85. The Hall–Kier alpha value is -1.81. The van der Waals surface area contributed by atoms with Crippen molar-refractivity contribution < 1.29 is 14.7 Å². The standard InChI is InChI=1S/C16H23NO3/c1-11-9-12(2)14(13(3)10-11)15(18)17(19)16(4,5)7-8-20-6/h7-10,19H,1-6H3/b8-7+. The fraction of sp³-hybridized carbons (Fsp3) is 0.438. The van der Waals surface area contributed by atoms with Crippen LogP contribution in [0.25, 0.3) is 0 Å².